The van der Waals surface area contributed by atoms with E-state index in [4.69, 9.17) is 12.2 Å². The van der Waals surface area contributed by atoms with Crippen LogP contribution in [-0.2, 0) is 0 Å². The first-order chi connectivity index (χ1) is 8.49. The molecule has 0 aromatic carbocycles. The Morgan fingerprint density at radius 3 is 2.78 bits per heavy atom. The summed E-state index contributed by atoms with van der Waals surface area (Å²) in [7, 11) is 0. The van der Waals surface area contributed by atoms with Crippen LogP contribution in [0.4, 0.5) is 8.78 Å². The van der Waals surface area contributed by atoms with Crippen molar-refractivity contribution in [1.82, 2.24) is 5.32 Å². The molecule has 0 aromatic heterocycles. The van der Waals surface area contributed by atoms with Crippen LogP contribution in [-0.4, -0.2) is 22.1 Å². The smallest absolute Gasteiger partial charge is 0.247 e. The number of piperidine rings is 1. The zero-order valence-corrected chi connectivity index (χ0v) is 10.3. The highest BCUT2D eigenvalue weighted by Crippen LogP contribution is 2.33. The molecule has 2 aliphatic rings. The van der Waals surface area contributed by atoms with Crippen molar-refractivity contribution in [1.29, 1.82) is 0 Å². The van der Waals surface area contributed by atoms with E-state index in [1.807, 2.05) is 0 Å². The molecule has 1 saturated heterocycles. The van der Waals surface area contributed by atoms with Gasteiger partial charge in [-0.25, -0.2) is 8.78 Å². The van der Waals surface area contributed by atoms with Crippen molar-refractivity contribution in [2.24, 2.45) is 5.92 Å². The summed E-state index contributed by atoms with van der Waals surface area (Å²) >= 11 is 4.82. The lowest BCUT2D eigenvalue weighted by Gasteiger charge is -2.33. The molecule has 4 nitrogen and oxygen atoms in total. The van der Waals surface area contributed by atoms with Crippen molar-refractivity contribution in [2.45, 2.75) is 31.5 Å². The van der Waals surface area contributed by atoms with Gasteiger partial charge in [0, 0.05) is 24.5 Å². The molecule has 3 unspecified atom stereocenters. The number of nitrogens with zero attached hydrogens (tertiary/aromatic N) is 1. The minimum Gasteiger partial charge on any atom is -0.374 e. The molecule has 0 amide bonds. The zero-order chi connectivity index (χ0) is 13.3. The van der Waals surface area contributed by atoms with Crippen molar-refractivity contribution in [3.63, 3.8) is 0 Å². The van der Waals surface area contributed by atoms with Crippen LogP contribution in [0.2, 0.25) is 0 Å². The van der Waals surface area contributed by atoms with Gasteiger partial charge in [0.2, 0.25) is 5.70 Å². The summed E-state index contributed by atoms with van der Waals surface area (Å²) in [6.45, 7) is 0. The summed E-state index contributed by atoms with van der Waals surface area (Å²) in [5, 5.41) is 13.4. The molecular weight excluding hydrogens is 262 g/mol. The molecule has 7 heteroatoms. The van der Waals surface area contributed by atoms with E-state index in [0.29, 0.717) is 6.42 Å². The van der Waals surface area contributed by atoms with E-state index in [-0.39, 0.29) is 29.6 Å². The van der Waals surface area contributed by atoms with Crippen LogP contribution in [0.3, 0.4) is 0 Å². The van der Waals surface area contributed by atoms with Gasteiger partial charge in [-0.1, -0.05) is 12.2 Å². The van der Waals surface area contributed by atoms with Gasteiger partial charge in [0.05, 0.1) is 4.92 Å². The second-order valence-corrected chi connectivity index (χ2v) is 4.88. The van der Waals surface area contributed by atoms with Crippen LogP contribution in [0, 0.1) is 16.0 Å². The predicted octanol–water partition coefficient (Wildman–Crippen LogP) is 2.44. The van der Waals surface area contributed by atoms with Crippen LogP contribution in [0.25, 0.3) is 0 Å². The number of thiocarbonyl (C=S) groups is 1. The number of allylic oxidation sites excluding steroid dienone is 3. The Bertz CT molecular complexity index is 450. The number of hydrogen-bond acceptors (Lipinski definition) is 3. The lowest BCUT2D eigenvalue weighted by atomic mass is 9.85. The van der Waals surface area contributed by atoms with E-state index >= 15 is 0 Å². The van der Waals surface area contributed by atoms with Crippen molar-refractivity contribution in [2.75, 3.05) is 0 Å². The van der Waals surface area contributed by atoms with Gasteiger partial charge in [-0.05, 0) is 18.9 Å². The molecule has 0 saturated carbocycles. The maximum atomic E-state index is 13.7. The summed E-state index contributed by atoms with van der Waals surface area (Å²) in [5.41, 5.74) is -0.0310. The summed E-state index contributed by atoms with van der Waals surface area (Å²) in [4.78, 5) is 10.2. The number of nitro groups is 1. The third kappa shape index (κ3) is 2.55. The van der Waals surface area contributed by atoms with Gasteiger partial charge >= 0.3 is 0 Å². The van der Waals surface area contributed by atoms with Crippen LogP contribution in [0.5, 0.6) is 0 Å². The Hall–Kier alpha value is -1.37. The molecule has 18 heavy (non-hydrogen) atoms. The largest absolute Gasteiger partial charge is 0.374 e. The summed E-state index contributed by atoms with van der Waals surface area (Å²) in [5.74, 6) is -1.06. The Kier molecular flexibility index (Phi) is 3.70. The summed E-state index contributed by atoms with van der Waals surface area (Å²) in [6, 6.07) is -0.371. The average molecular weight is 274 g/mol. The minimum absolute atomic E-state index is 0.00651. The molecule has 1 aliphatic carbocycles. The van der Waals surface area contributed by atoms with E-state index in [1.54, 1.807) is 0 Å². The molecule has 0 bridgehead atoms. The quantitative estimate of drug-likeness (QED) is 0.477. The van der Waals surface area contributed by atoms with Crippen molar-refractivity contribution in [3.8, 4) is 0 Å². The van der Waals surface area contributed by atoms with Gasteiger partial charge in [-0.2, -0.15) is 0 Å². The number of halogens is 2. The monoisotopic (exact) mass is 274 g/mol. The van der Waals surface area contributed by atoms with E-state index in [2.05, 4.69) is 5.32 Å². The first-order valence-electron chi connectivity index (χ1n) is 5.64. The maximum absolute atomic E-state index is 13.7. The maximum Gasteiger partial charge on any atom is 0.247 e. The lowest BCUT2D eigenvalue weighted by Crippen LogP contribution is -2.48. The standard InChI is InChI=1S/C11H12F2N2O2S/c12-8-2-1-6(15(16)17)5-7(8)10-4-3-9(13)11(18)14-10/h1-2,7,9-10H,3-5H2,(H,14,18). The van der Waals surface area contributed by atoms with Gasteiger partial charge in [-0.3, -0.25) is 10.1 Å². The molecule has 1 N–H and O–H groups in total. The Morgan fingerprint density at radius 2 is 2.17 bits per heavy atom. The lowest BCUT2D eigenvalue weighted by molar-refractivity contribution is -0.429. The number of alkyl halides is 1. The molecule has 0 aromatic rings. The number of rotatable bonds is 2. The second-order valence-electron chi connectivity index (χ2n) is 4.44. The molecule has 0 spiro atoms. The van der Waals surface area contributed by atoms with E-state index < -0.39 is 22.8 Å². The third-order valence-corrected chi connectivity index (χ3v) is 3.66. The fourth-order valence-corrected chi connectivity index (χ4v) is 2.53. The van der Waals surface area contributed by atoms with Gasteiger partial charge < -0.3 is 5.32 Å². The molecule has 0 radical (unpaired) electrons. The van der Waals surface area contributed by atoms with Crippen LogP contribution in [0.15, 0.2) is 23.7 Å². The van der Waals surface area contributed by atoms with E-state index in [1.165, 1.54) is 6.08 Å². The molecule has 2 rings (SSSR count). The van der Waals surface area contributed by atoms with Crippen LogP contribution in [0.1, 0.15) is 19.3 Å². The van der Waals surface area contributed by atoms with Gasteiger partial charge in [0.15, 0.2) is 0 Å². The molecule has 1 fully saturated rings. The molecule has 98 valence electrons. The molecular formula is C11H12F2N2O2S. The van der Waals surface area contributed by atoms with Crippen molar-refractivity contribution < 1.29 is 13.7 Å². The average Bonchev–Trinajstić information content (AvgIpc) is 2.33. The van der Waals surface area contributed by atoms with Gasteiger partial charge in [0.1, 0.15) is 17.0 Å². The zero-order valence-electron chi connectivity index (χ0n) is 9.44. The van der Waals surface area contributed by atoms with Crippen LogP contribution >= 0.6 is 12.2 Å². The fraction of sp³-hybridized carbons (Fsp3) is 0.545. The predicted molar refractivity (Wildman–Crippen MR) is 66.0 cm³/mol. The minimum atomic E-state index is -1.20. The van der Waals surface area contributed by atoms with Gasteiger partial charge in [0.25, 0.3) is 0 Å². The Balaban J connectivity index is 2.11. The normalized spacial score (nSPS) is 32.3. The Morgan fingerprint density at radius 1 is 1.44 bits per heavy atom. The third-order valence-electron chi connectivity index (χ3n) is 3.28. The molecule has 3 atom stereocenters. The second kappa shape index (κ2) is 5.09. The first-order valence-corrected chi connectivity index (χ1v) is 6.05. The van der Waals surface area contributed by atoms with Crippen LogP contribution < -0.4 is 5.32 Å². The molecule has 1 heterocycles. The Labute approximate surface area is 108 Å². The highest BCUT2D eigenvalue weighted by molar-refractivity contribution is 7.80. The number of nitrogens with one attached hydrogen (secondary N) is 1. The van der Waals surface area contributed by atoms with Crippen molar-refractivity contribution >= 4 is 17.2 Å². The van der Waals surface area contributed by atoms with E-state index in [0.717, 1.165) is 6.08 Å². The SMILES string of the molecule is O=[N+]([O-])C1=CC=C(F)C(C2CCC(F)C(=S)N2)C1. The highest BCUT2D eigenvalue weighted by Gasteiger charge is 2.36. The highest BCUT2D eigenvalue weighted by atomic mass is 32.1. The first kappa shape index (κ1) is 13.1. The van der Waals surface area contributed by atoms with Crippen molar-refractivity contribution in [3.05, 3.63) is 33.8 Å². The number of hydrogen-bond donors (Lipinski definition) is 1. The summed E-state index contributed by atoms with van der Waals surface area (Å²) < 4.78 is 26.9. The summed E-state index contributed by atoms with van der Waals surface area (Å²) in [6.07, 6.45) is 1.74. The van der Waals surface area contributed by atoms with Gasteiger partial charge in [-0.15, -0.1) is 0 Å². The topological polar surface area (TPSA) is 55.2 Å². The fourth-order valence-electron chi connectivity index (χ4n) is 2.26. The molecule has 1 aliphatic heterocycles. The van der Waals surface area contributed by atoms with E-state index in [9.17, 15) is 18.9 Å².